The third-order valence-electron chi connectivity index (χ3n) is 3.14. The molecular formula is C15H18N2O3. The molecule has 0 aliphatic rings. The van der Waals surface area contributed by atoms with Gasteiger partial charge in [0.15, 0.2) is 5.69 Å². The van der Waals surface area contributed by atoms with Gasteiger partial charge in [0, 0.05) is 19.2 Å². The number of aromatic nitrogens is 2. The molecule has 106 valence electrons. The molecule has 0 saturated carbocycles. The normalized spacial score (nSPS) is 10.6. The SMILES string of the molecule is Cc1ccc(OCCc2cc(C(=O)O)nn2C)c(C)c1. The molecule has 1 aromatic heterocycles. The van der Waals surface area contributed by atoms with Crippen LogP contribution in [0.15, 0.2) is 24.3 Å². The van der Waals surface area contributed by atoms with Crippen molar-refractivity contribution in [3.63, 3.8) is 0 Å². The summed E-state index contributed by atoms with van der Waals surface area (Å²) in [6.45, 7) is 4.54. The fourth-order valence-electron chi connectivity index (χ4n) is 2.07. The first-order chi connectivity index (χ1) is 9.47. The van der Waals surface area contributed by atoms with Crippen molar-refractivity contribution in [2.75, 3.05) is 6.61 Å². The summed E-state index contributed by atoms with van der Waals surface area (Å²) in [6, 6.07) is 7.61. The van der Waals surface area contributed by atoms with Gasteiger partial charge in [-0.2, -0.15) is 5.10 Å². The zero-order valence-corrected chi connectivity index (χ0v) is 11.9. The lowest BCUT2D eigenvalue weighted by Crippen LogP contribution is -2.06. The predicted octanol–water partition coefficient (Wildman–Crippen LogP) is 2.36. The summed E-state index contributed by atoms with van der Waals surface area (Å²) in [5, 5.41) is 12.8. The molecule has 0 aliphatic heterocycles. The van der Waals surface area contributed by atoms with Crippen LogP contribution in [0.2, 0.25) is 0 Å². The van der Waals surface area contributed by atoms with Crippen LogP contribution in [0.5, 0.6) is 5.75 Å². The van der Waals surface area contributed by atoms with E-state index in [1.807, 2.05) is 26.0 Å². The van der Waals surface area contributed by atoms with E-state index in [-0.39, 0.29) is 5.69 Å². The molecule has 2 rings (SSSR count). The van der Waals surface area contributed by atoms with Crippen molar-refractivity contribution in [1.82, 2.24) is 9.78 Å². The van der Waals surface area contributed by atoms with E-state index in [2.05, 4.69) is 11.2 Å². The fourth-order valence-corrected chi connectivity index (χ4v) is 2.07. The van der Waals surface area contributed by atoms with Crippen LogP contribution >= 0.6 is 0 Å². The van der Waals surface area contributed by atoms with E-state index in [1.54, 1.807) is 17.8 Å². The van der Waals surface area contributed by atoms with E-state index in [0.717, 1.165) is 17.0 Å². The Balaban J connectivity index is 1.97. The van der Waals surface area contributed by atoms with Crippen molar-refractivity contribution >= 4 is 5.97 Å². The summed E-state index contributed by atoms with van der Waals surface area (Å²) in [6.07, 6.45) is 0.615. The molecule has 1 heterocycles. The average molecular weight is 274 g/mol. The van der Waals surface area contributed by atoms with Crippen molar-refractivity contribution in [2.45, 2.75) is 20.3 Å². The summed E-state index contributed by atoms with van der Waals surface area (Å²) < 4.78 is 7.31. The first-order valence-corrected chi connectivity index (χ1v) is 6.43. The second-order valence-corrected chi connectivity index (χ2v) is 4.82. The van der Waals surface area contributed by atoms with E-state index >= 15 is 0 Å². The molecule has 5 heteroatoms. The van der Waals surface area contributed by atoms with Gasteiger partial charge >= 0.3 is 5.97 Å². The van der Waals surface area contributed by atoms with Crippen LogP contribution in [-0.2, 0) is 13.5 Å². The number of benzene rings is 1. The molecule has 0 bridgehead atoms. The average Bonchev–Trinajstić information content (AvgIpc) is 2.74. The summed E-state index contributed by atoms with van der Waals surface area (Å²) >= 11 is 0. The maximum atomic E-state index is 10.8. The molecule has 0 radical (unpaired) electrons. The maximum absolute atomic E-state index is 10.8. The minimum absolute atomic E-state index is 0.0639. The molecule has 0 atom stereocenters. The topological polar surface area (TPSA) is 64.3 Å². The Labute approximate surface area is 117 Å². The van der Waals surface area contributed by atoms with E-state index in [0.29, 0.717) is 13.0 Å². The lowest BCUT2D eigenvalue weighted by molar-refractivity contribution is 0.0689. The molecule has 20 heavy (non-hydrogen) atoms. The molecule has 0 saturated heterocycles. The van der Waals surface area contributed by atoms with Crippen LogP contribution in [0.4, 0.5) is 0 Å². The first kappa shape index (κ1) is 14.1. The smallest absolute Gasteiger partial charge is 0.356 e. The number of hydrogen-bond donors (Lipinski definition) is 1. The van der Waals surface area contributed by atoms with Crippen LogP contribution in [0.25, 0.3) is 0 Å². The van der Waals surface area contributed by atoms with Gasteiger partial charge in [-0.25, -0.2) is 4.79 Å². The minimum Gasteiger partial charge on any atom is -0.493 e. The predicted molar refractivity (Wildman–Crippen MR) is 75.3 cm³/mol. The standard InChI is InChI=1S/C15H18N2O3/c1-10-4-5-14(11(2)8-10)20-7-6-12-9-13(15(18)19)16-17(12)3/h4-5,8-9H,6-7H2,1-3H3,(H,18,19). The van der Waals surface area contributed by atoms with Gasteiger partial charge in [0.25, 0.3) is 0 Å². The second-order valence-electron chi connectivity index (χ2n) is 4.82. The molecule has 0 fully saturated rings. The second kappa shape index (κ2) is 5.77. The van der Waals surface area contributed by atoms with Crippen molar-refractivity contribution < 1.29 is 14.6 Å². The lowest BCUT2D eigenvalue weighted by atomic mass is 10.1. The van der Waals surface area contributed by atoms with Gasteiger partial charge in [0.05, 0.1) is 6.61 Å². The number of carboxylic acid groups (broad SMARTS) is 1. The highest BCUT2D eigenvalue weighted by atomic mass is 16.5. The zero-order chi connectivity index (χ0) is 14.7. The number of aromatic carboxylic acids is 1. The van der Waals surface area contributed by atoms with Gasteiger partial charge in [-0.05, 0) is 31.5 Å². The van der Waals surface area contributed by atoms with E-state index in [9.17, 15) is 4.79 Å². The van der Waals surface area contributed by atoms with Crippen molar-refractivity contribution in [1.29, 1.82) is 0 Å². The van der Waals surface area contributed by atoms with Gasteiger partial charge < -0.3 is 9.84 Å². The number of carboxylic acids is 1. The maximum Gasteiger partial charge on any atom is 0.356 e. The monoisotopic (exact) mass is 274 g/mol. The summed E-state index contributed by atoms with van der Waals surface area (Å²) in [7, 11) is 1.74. The minimum atomic E-state index is -1.01. The molecule has 1 aromatic carbocycles. The van der Waals surface area contributed by atoms with E-state index < -0.39 is 5.97 Å². The summed E-state index contributed by atoms with van der Waals surface area (Å²) in [5.74, 6) is -0.154. The van der Waals surface area contributed by atoms with Crippen molar-refractivity contribution in [2.24, 2.45) is 7.05 Å². The molecular weight excluding hydrogens is 256 g/mol. The number of nitrogens with zero attached hydrogens (tertiary/aromatic N) is 2. The van der Waals surface area contributed by atoms with Crippen LogP contribution in [0, 0.1) is 13.8 Å². The quantitative estimate of drug-likeness (QED) is 0.909. The molecule has 2 aromatic rings. The largest absolute Gasteiger partial charge is 0.493 e. The van der Waals surface area contributed by atoms with Crippen LogP contribution in [-0.4, -0.2) is 27.5 Å². The van der Waals surface area contributed by atoms with Gasteiger partial charge in [0.2, 0.25) is 0 Å². The Hall–Kier alpha value is -2.30. The fraction of sp³-hybridized carbons (Fsp3) is 0.333. The van der Waals surface area contributed by atoms with Crippen LogP contribution in [0.1, 0.15) is 27.3 Å². The van der Waals surface area contributed by atoms with Gasteiger partial charge in [-0.15, -0.1) is 0 Å². The highest BCUT2D eigenvalue weighted by molar-refractivity contribution is 5.85. The van der Waals surface area contributed by atoms with E-state index in [4.69, 9.17) is 9.84 Å². The van der Waals surface area contributed by atoms with Crippen LogP contribution < -0.4 is 4.74 Å². The Bertz CT molecular complexity index is 632. The van der Waals surface area contributed by atoms with Crippen molar-refractivity contribution in [3.8, 4) is 5.75 Å². The summed E-state index contributed by atoms with van der Waals surface area (Å²) in [5.41, 5.74) is 3.20. The third kappa shape index (κ3) is 3.17. The van der Waals surface area contributed by atoms with E-state index in [1.165, 1.54) is 5.56 Å². The first-order valence-electron chi connectivity index (χ1n) is 6.43. The Kier molecular flexibility index (Phi) is 4.08. The zero-order valence-electron chi connectivity index (χ0n) is 11.9. The number of rotatable bonds is 5. The third-order valence-corrected chi connectivity index (χ3v) is 3.14. The number of ether oxygens (including phenoxy) is 1. The Morgan fingerprint density at radius 3 is 2.70 bits per heavy atom. The number of aryl methyl sites for hydroxylation is 3. The highest BCUT2D eigenvalue weighted by Gasteiger charge is 2.11. The molecule has 0 spiro atoms. The van der Waals surface area contributed by atoms with Gasteiger partial charge in [-0.1, -0.05) is 17.7 Å². The summed E-state index contributed by atoms with van der Waals surface area (Å²) in [4.78, 5) is 10.8. The molecule has 1 N–H and O–H groups in total. The highest BCUT2D eigenvalue weighted by Crippen LogP contribution is 2.19. The Morgan fingerprint density at radius 1 is 1.35 bits per heavy atom. The number of carbonyl (C=O) groups is 1. The molecule has 5 nitrogen and oxygen atoms in total. The number of hydrogen-bond acceptors (Lipinski definition) is 3. The lowest BCUT2D eigenvalue weighted by Gasteiger charge is -2.09. The Morgan fingerprint density at radius 2 is 2.10 bits per heavy atom. The van der Waals surface area contributed by atoms with Crippen LogP contribution in [0.3, 0.4) is 0 Å². The van der Waals surface area contributed by atoms with Gasteiger partial charge in [-0.3, -0.25) is 4.68 Å². The molecule has 0 unspecified atom stereocenters. The van der Waals surface area contributed by atoms with Gasteiger partial charge in [0.1, 0.15) is 5.75 Å². The molecule has 0 aliphatic carbocycles. The molecule has 0 amide bonds. The van der Waals surface area contributed by atoms with Crippen molar-refractivity contribution in [3.05, 3.63) is 46.8 Å².